The number of benzene rings is 2. The lowest BCUT2D eigenvalue weighted by atomic mass is 9.98. The van der Waals surface area contributed by atoms with Crippen molar-refractivity contribution in [3.63, 3.8) is 0 Å². The van der Waals surface area contributed by atoms with Crippen molar-refractivity contribution < 1.29 is 9.59 Å². The van der Waals surface area contributed by atoms with Crippen molar-refractivity contribution in [3.8, 4) is 0 Å². The molecule has 0 atom stereocenters. The Bertz CT molecular complexity index is 650. The predicted octanol–water partition coefficient (Wildman–Crippen LogP) is 3.82. The largest absolute Gasteiger partial charge is 0.352 e. The third-order valence-electron chi connectivity index (χ3n) is 3.06. The zero-order valence-electron chi connectivity index (χ0n) is 11.7. The van der Waals surface area contributed by atoms with E-state index in [9.17, 15) is 9.59 Å². The smallest absolute Gasteiger partial charge is 0.252 e. The Hall–Kier alpha value is -1.94. The fraction of sp³-hybridized carbons (Fsp3) is 0.176. The van der Waals surface area contributed by atoms with Crippen LogP contribution in [0.5, 0.6) is 0 Å². The first-order chi connectivity index (χ1) is 10.1. The SMILES string of the molecule is CCCNC(=O)c1ccccc1C(=O)c1ccc(Br)cc1. The van der Waals surface area contributed by atoms with Gasteiger partial charge in [-0.2, -0.15) is 0 Å². The minimum Gasteiger partial charge on any atom is -0.352 e. The minimum atomic E-state index is -0.210. The lowest BCUT2D eigenvalue weighted by molar-refractivity contribution is 0.0942. The second-order valence-electron chi connectivity index (χ2n) is 4.64. The maximum atomic E-state index is 12.6. The van der Waals surface area contributed by atoms with Crippen molar-refractivity contribution in [1.82, 2.24) is 5.32 Å². The summed E-state index contributed by atoms with van der Waals surface area (Å²) in [4.78, 5) is 24.7. The summed E-state index contributed by atoms with van der Waals surface area (Å²) in [6.45, 7) is 2.58. The molecular weight excluding hydrogens is 330 g/mol. The van der Waals surface area contributed by atoms with Gasteiger partial charge in [-0.05, 0) is 36.8 Å². The molecule has 0 unspecified atom stereocenters. The molecule has 0 radical (unpaired) electrons. The number of carbonyl (C=O) groups excluding carboxylic acids is 2. The van der Waals surface area contributed by atoms with E-state index in [1.165, 1.54) is 0 Å². The van der Waals surface area contributed by atoms with E-state index in [4.69, 9.17) is 0 Å². The molecule has 0 fully saturated rings. The zero-order valence-corrected chi connectivity index (χ0v) is 13.3. The molecule has 0 heterocycles. The van der Waals surface area contributed by atoms with E-state index >= 15 is 0 Å². The van der Waals surface area contributed by atoms with E-state index in [-0.39, 0.29) is 11.7 Å². The van der Waals surface area contributed by atoms with E-state index in [2.05, 4.69) is 21.2 Å². The average molecular weight is 346 g/mol. The van der Waals surface area contributed by atoms with Gasteiger partial charge in [-0.25, -0.2) is 0 Å². The fourth-order valence-corrected chi connectivity index (χ4v) is 2.23. The number of rotatable bonds is 5. The van der Waals surface area contributed by atoms with Crippen LogP contribution >= 0.6 is 15.9 Å². The van der Waals surface area contributed by atoms with Crippen molar-refractivity contribution >= 4 is 27.6 Å². The summed E-state index contributed by atoms with van der Waals surface area (Å²) in [7, 11) is 0. The van der Waals surface area contributed by atoms with Crippen LogP contribution in [0.1, 0.15) is 39.6 Å². The first-order valence-corrected chi connectivity index (χ1v) is 7.60. The Balaban J connectivity index is 2.33. The van der Waals surface area contributed by atoms with Crippen molar-refractivity contribution in [2.24, 2.45) is 0 Å². The van der Waals surface area contributed by atoms with Gasteiger partial charge in [0.05, 0.1) is 5.56 Å². The molecule has 1 N–H and O–H groups in total. The van der Waals surface area contributed by atoms with Gasteiger partial charge in [-0.3, -0.25) is 9.59 Å². The van der Waals surface area contributed by atoms with E-state index in [1.54, 1.807) is 36.4 Å². The normalized spacial score (nSPS) is 10.2. The number of ketones is 1. The van der Waals surface area contributed by atoms with Crippen molar-refractivity contribution in [2.45, 2.75) is 13.3 Å². The van der Waals surface area contributed by atoms with Crippen LogP contribution in [0.15, 0.2) is 53.0 Å². The number of carbonyl (C=O) groups is 2. The Morgan fingerprint density at radius 3 is 2.24 bits per heavy atom. The lowest BCUT2D eigenvalue weighted by Crippen LogP contribution is -2.26. The quantitative estimate of drug-likeness (QED) is 0.837. The fourth-order valence-electron chi connectivity index (χ4n) is 1.97. The predicted molar refractivity (Wildman–Crippen MR) is 86.6 cm³/mol. The van der Waals surface area contributed by atoms with Crippen LogP contribution in [0.25, 0.3) is 0 Å². The van der Waals surface area contributed by atoms with Gasteiger partial charge in [0.2, 0.25) is 0 Å². The maximum absolute atomic E-state index is 12.6. The molecule has 0 spiro atoms. The summed E-state index contributed by atoms with van der Waals surface area (Å²) in [5, 5.41) is 2.81. The van der Waals surface area contributed by atoms with Crippen LogP contribution in [-0.4, -0.2) is 18.2 Å². The lowest BCUT2D eigenvalue weighted by Gasteiger charge is -2.09. The summed E-state index contributed by atoms with van der Waals surface area (Å²) >= 11 is 3.34. The number of hydrogen-bond donors (Lipinski definition) is 1. The highest BCUT2D eigenvalue weighted by atomic mass is 79.9. The number of halogens is 1. The highest BCUT2D eigenvalue weighted by Gasteiger charge is 2.17. The monoisotopic (exact) mass is 345 g/mol. The van der Waals surface area contributed by atoms with Gasteiger partial charge in [0.1, 0.15) is 0 Å². The van der Waals surface area contributed by atoms with Gasteiger partial charge in [0.15, 0.2) is 5.78 Å². The van der Waals surface area contributed by atoms with Crippen LogP contribution in [0.2, 0.25) is 0 Å². The van der Waals surface area contributed by atoms with Crippen LogP contribution in [0, 0.1) is 0 Å². The average Bonchev–Trinajstić information content (AvgIpc) is 2.52. The van der Waals surface area contributed by atoms with Gasteiger partial charge in [0.25, 0.3) is 5.91 Å². The van der Waals surface area contributed by atoms with Gasteiger partial charge < -0.3 is 5.32 Å². The third-order valence-corrected chi connectivity index (χ3v) is 3.59. The standard InChI is InChI=1S/C17H16BrNO2/c1-2-11-19-17(21)15-6-4-3-5-14(15)16(20)12-7-9-13(18)10-8-12/h3-10H,2,11H2,1H3,(H,19,21). The molecule has 2 aromatic carbocycles. The number of amides is 1. The Kier molecular flexibility index (Phi) is 5.28. The molecule has 0 aliphatic carbocycles. The molecule has 108 valence electrons. The van der Waals surface area contributed by atoms with Crippen molar-refractivity contribution in [1.29, 1.82) is 0 Å². The molecule has 1 amide bonds. The number of hydrogen-bond acceptors (Lipinski definition) is 2. The molecule has 2 aromatic rings. The minimum absolute atomic E-state index is 0.148. The molecule has 0 aromatic heterocycles. The highest BCUT2D eigenvalue weighted by Crippen LogP contribution is 2.17. The Morgan fingerprint density at radius 2 is 1.62 bits per heavy atom. The van der Waals surface area contributed by atoms with Crippen molar-refractivity contribution in [3.05, 3.63) is 69.7 Å². The van der Waals surface area contributed by atoms with E-state index < -0.39 is 0 Å². The first-order valence-electron chi connectivity index (χ1n) is 6.81. The molecule has 0 aliphatic rings. The van der Waals surface area contributed by atoms with Crippen LogP contribution in [-0.2, 0) is 0 Å². The Labute approximate surface area is 132 Å². The molecule has 4 heteroatoms. The molecule has 3 nitrogen and oxygen atoms in total. The van der Waals surface area contributed by atoms with Gasteiger partial charge in [-0.15, -0.1) is 0 Å². The van der Waals surface area contributed by atoms with Crippen LogP contribution < -0.4 is 5.32 Å². The van der Waals surface area contributed by atoms with Gasteiger partial charge in [-0.1, -0.05) is 41.1 Å². The Morgan fingerprint density at radius 1 is 1.00 bits per heavy atom. The summed E-state index contributed by atoms with van der Waals surface area (Å²) in [6, 6.07) is 14.0. The molecule has 0 saturated heterocycles. The summed E-state index contributed by atoms with van der Waals surface area (Å²) in [5.41, 5.74) is 1.40. The molecule has 0 saturated carbocycles. The highest BCUT2D eigenvalue weighted by molar-refractivity contribution is 9.10. The number of nitrogens with one attached hydrogen (secondary N) is 1. The summed E-state index contributed by atoms with van der Waals surface area (Å²) in [5.74, 6) is -0.359. The van der Waals surface area contributed by atoms with Crippen LogP contribution in [0.4, 0.5) is 0 Å². The molecule has 0 aliphatic heterocycles. The molecule has 21 heavy (non-hydrogen) atoms. The van der Waals surface area contributed by atoms with Gasteiger partial charge in [0, 0.05) is 22.1 Å². The molecule has 2 rings (SSSR count). The summed E-state index contributed by atoms with van der Waals surface area (Å²) < 4.78 is 0.910. The van der Waals surface area contributed by atoms with E-state index in [0.29, 0.717) is 23.2 Å². The van der Waals surface area contributed by atoms with E-state index in [0.717, 1.165) is 10.9 Å². The molecule has 0 bridgehead atoms. The van der Waals surface area contributed by atoms with E-state index in [1.807, 2.05) is 19.1 Å². The van der Waals surface area contributed by atoms with Crippen molar-refractivity contribution in [2.75, 3.05) is 6.54 Å². The maximum Gasteiger partial charge on any atom is 0.252 e. The van der Waals surface area contributed by atoms with Gasteiger partial charge >= 0.3 is 0 Å². The van der Waals surface area contributed by atoms with Crippen LogP contribution in [0.3, 0.4) is 0 Å². The molecular formula is C17H16BrNO2. The second kappa shape index (κ2) is 7.18. The zero-order chi connectivity index (χ0) is 15.2. The second-order valence-corrected chi connectivity index (χ2v) is 5.55. The topological polar surface area (TPSA) is 46.2 Å². The third kappa shape index (κ3) is 3.79. The first kappa shape index (κ1) is 15.4. The summed E-state index contributed by atoms with van der Waals surface area (Å²) in [6.07, 6.45) is 0.856.